The summed E-state index contributed by atoms with van der Waals surface area (Å²) in [6.45, 7) is 4.86. The molecule has 1 N–H and O–H groups in total. The van der Waals surface area contributed by atoms with Crippen molar-refractivity contribution in [3.05, 3.63) is 82.6 Å². The highest BCUT2D eigenvalue weighted by Crippen LogP contribution is 2.30. The summed E-state index contributed by atoms with van der Waals surface area (Å²) < 4.78 is 1.90. The third kappa shape index (κ3) is 3.67. The lowest BCUT2D eigenvalue weighted by Gasteiger charge is -2.10. The van der Waals surface area contributed by atoms with Crippen molar-refractivity contribution in [3.63, 3.8) is 0 Å². The lowest BCUT2D eigenvalue weighted by atomic mass is 10.1. The average Bonchev–Trinajstić information content (AvgIpc) is 2.99. The summed E-state index contributed by atoms with van der Waals surface area (Å²) in [5, 5.41) is 8.98. The topological polar surface area (TPSA) is 42.2 Å². The molecular weight excluding hydrogens is 356 g/mol. The van der Waals surface area contributed by atoms with Crippen LogP contribution >= 0.6 is 11.6 Å². The minimum atomic E-state index is 0.722. The Kier molecular flexibility index (Phi) is 4.82. The van der Waals surface area contributed by atoms with E-state index in [1.807, 2.05) is 54.8 Å². The molecule has 0 saturated carbocycles. The predicted molar refractivity (Wildman–Crippen MR) is 112 cm³/mol. The van der Waals surface area contributed by atoms with Crippen LogP contribution in [0.4, 0.5) is 5.82 Å². The predicted octanol–water partition coefficient (Wildman–Crippen LogP) is 5.32. The van der Waals surface area contributed by atoms with E-state index in [1.54, 1.807) is 0 Å². The minimum absolute atomic E-state index is 0.722. The normalized spacial score (nSPS) is 11.1. The van der Waals surface area contributed by atoms with Gasteiger partial charge in [-0.1, -0.05) is 54.1 Å². The molecule has 27 heavy (non-hydrogen) atoms. The van der Waals surface area contributed by atoms with Crippen molar-refractivity contribution in [1.29, 1.82) is 0 Å². The number of nitrogens with one attached hydrogen (secondary N) is 1. The summed E-state index contributed by atoms with van der Waals surface area (Å²) in [6.07, 6.45) is 0.952. The minimum Gasteiger partial charge on any atom is -0.370 e. The highest BCUT2D eigenvalue weighted by molar-refractivity contribution is 6.30. The average molecular weight is 377 g/mol. The van der Waals surface area contributed by atoms with Crippen molar-refractivity contribution in [2.24, 2.45) is 0 Å². The van der Waals surface area contributed by atoms with Gasteiger partial charge in [0.05, 0.1) is 5.69 Å². The maximum absolute atomic E-state index is 6.04. The number of hydrogen-bond donors (Lipinski definition) is 1. The van der Waals surface area contributed by atoms with Crippen LogP contribution in [0.15, 0.2) is 60.7 Å². The van der Waals surface area contributed by atoms with E-state index in [-0.39, 0.29) is 0 Å². The molecule has 4 rings (SSSR count). The molecule has 0 aliphatic rings. The fourth-order valence-corrected chi connectivity index (χ4v) is 3.43. The summed E-state index contributed by atoms with van der Waals surface area (Å²) in [5.41, 5.74) is 6.19. The van der Waals surface area contributed by atoms with Crippen molar-refractivity contribution < 1.29 is 0 Å². The van der Waals surface area contributed by atoms with Crippen molar-refractivity contribution in [2.75, 3.05) is 11.9 Å². The molecule has 0 amide bonds. The molecule has 2 aromatic carbocycles. The molecule has 0 atom stereocenters. The quantitative estimate of drug-likeness (QED) is 0.512. The molecule has 0 saturated heterocycles. The zero-order valence-corrected chi connectivity index (χ0v) is 16.2. The molecule has 0 aliphatic heterocycles. The van der Waals surface area contributed by atoms with E-state index in [4.69, 9.17) is 21.7 Å². The Morgan fingerprint density at radius 2 is 1.74 bits per heavy atom. The van der Waals surface area contributed by atoms with E-state index in [1.165, 1.54) is 5.56 Å². The summed E-state index contributed by atoms with van der Waals surface area (Å²) in [7, 11) is 0. The largest absolute Gasteiger partial charge is 0.370 e. The van der Waals surface area contributed by atoms with Crippen LogP contribution in [0.1, 0.15) is 17.0 Å². The number of nitrogens with zero attached hydrogens (tertiary/aromatic N) is 3. The smallest absolute Gasteiger partial charge is 0.165 e. The third-order valence-corrected chi connectivity index (χ3v) is 4.84. The molecule has 0 bridgehead atoms. The third-order valence-electron chi connectivity index (χ3n) is 4.59. The van der Waals surface area contributed by atoms with E-state index in [0.29, 0.717) is 0 Å². The van der Waals surface area contributed by atoms with Gasteiger partial charge in [0.1, 0.15) is 5.82 Å². The van der Waals surface area contributed by atoms with Gasteiger partial charge in [-0.05, 0) is 43.5 Å². The number of benzene rings is 2. The second-order valence-corrected chi connectivity index (χ2v) is 7.08. The van der Waals surface area contributed by atoms with Gasteiger partial charge < -0.3 is 5.32 Å². The molecule has 5 heteroatoms. The fourth-order valence-electron chi connectivity index (χ4n) is 3.30. The van der Waals surface area contributed by atoms with E-state index >= 15 is 0 Å². The van der Waals surface area contributed by atoms with Gasteiger partial charge in [0.25, 0.3) is 0 Å². The summed E-state index contributed by atoms with van der Waals surface area (Å²) in [4.78, 5) is 4.75. The first-order chi connectivity index (χ1) is 13.1. The Labute approximate surface area is 163 Å². The van der Waals surface area contributed by atoms with Crippen molar-refractivity contribution in [1.82, 2.24) is 14.6 Å². The van der Waals surface area contributed by atoms with Gasteiger partial charge in [-0.3, -0.25) is 0 Å². The molecule has 136 valence electrons. The first-order valence-corrected chi connectivity index (χ1v) is 9.40. The molecule has 0 aliphatic carbocycles. The molecule has 0 radical (unpaired) electrons. The van der Waals surface area contributed by atoms with Crippen LogP contribution in [0, 0.1) is 13.8 Å². The molecule has 2 heterocycles. The van der Waals surface area contributed by atoms with Crippen LogP contribution < -0.4 is 5.32 Å². The van der Waals surface area contributed by atoms with Gasteiger partial charge in [-0.25, -0.2) is 4.98 Å². The zero-order chi connectivity index (χ0) is 18.8. The number of aryl methyl sites for hydroxylation is 2. The second-order valence-electron chi connectivity index (χ2n) is 6.65. The Morgan fingerprint density at radius 1 is 1.00 bits per heavy atom. The zero-order valence-electron chi connectivity index (χ0n) is 15.4. The van der Waals surface area contributed by atoms with Crippen LogP contribution in [0.3, 0.4) is 0 Å². The summed E-state index contributed by atoms with van der Waals surface area (Å²) in [6, 6.07) is 20.3. The van der Waals surface area contributed by atoms with Gasteiger partial charge in [0.15, 0.2) is 5.65 Å². The van der Waals surface area contributed by atoms with Crippen LogP contribution in [0.5, 0.6) is 0 Å². The first-order valence-electron chi connectivity index (χ1n) is 9.02. The Bertz CT molecular complexity index is 1070. The summed E-state index contributed by atoms with van der Waals surface area (Å²) in [5.74, 6) is 0.955. The lowest BCUT2D eigenvalue weighted by Crippen LogP contribution is -2.10. The van der Waals surface area contributed by atoms with E-state index < -0.39 is 0 Å². The van der Waals surface area contributed by atoms with Gasteiger partial charge in [-0.15, -0.1) is 0 Å². The maximum atomic E-state index is 6.04. The van der Waals surface area contributed by atoms with Crippen molar-refractivity contribution >= 4 is 23.1 Å². The monoisotopic (exact) mass is 376 g/mol. The Balaban J connectivity index is 1.68. The molecule has 0 unspecified atom stereocenters. The highest BCUT2D eigenvalue weighted by atomic mass is 35.5. The first kappa shape index (κ1) is 17.6. The van der Waals surface area contributed by atoms with Gasteiger partial charge in [0.2, 0.25) is 0 Å². The van der Waals surface area contributed by atoms with Crippen LogP contribution in [0.2, 0.25) is 5.02 Å². The van der Waals surface area contributed by atoms with E-state index in [9.17, 15) is 0 Å². The molecule has 0 fully saturated rings. The SMILES string of the molecule is Cc1cc(NCCc2ccccc2)n2nc(C)c(-c3ccc(Cl)cc3)c2n1. The van der Waals surface area contributed by atoms with Gasteiger partial charge >= 0.3 is 0 Å². The van der Waals surface area contributed by atoms with Crippen LogP contribution in [0.25, 0.3) is 16.8 Å². The number of halogens is 1. The van der Waals surface area contributed by atoms with Gasteiger partial charge in [0, 0.05) is 28.9 Å². The van der Waals surface area contributed by atoms with Crippen LogP contribution in [-0.4, -0.2) is 21.1 Å². The number of rotatable bonds is 5. The molecule has 2 aromatic heterocycles. The van der Waals surface area contributed by atoms with Gasteiger partial charge in [-0.2, -0.15) is 9.61 Å². The number of hydrogen-bond acceptors (Lipinski definition) is 3. The second kappa shape index (κ2) is 7.41. The standard InChI is InChI=1S/C22H21ClN4/c1-15-14-20(24-13-12-17-6-4-3-5-7-17)27-22(25-15)21(16(2)26-27)18-8-10-19(23)11-9-18/h3-11,14,24H,12-13H2,1-2H3. The number of fused-ring (bicyclic) bond motifs is 1. The lowest BCUT2D eigenvalue weighted by molar-refractivity contribution is 0.892. The highest BCUT2D eigenvalue weighted by Gasteiger charge is 2.16. The fraction of sp³-hybridized carbons (Fsp3) is 0.182. The van der Waals surface area contributed by atoms with E-state index in [2.05, 4.69) is 29.6 Å². The molecule has 4 aromatic rings. The maximum Gasteiger partial charge on any atom is 0.165 e. The van der Waals surface area contributed by atoms with Crippen molar-refractivity contribution in [2.45, 2.75) is 20.3 Å². The molecule has 0 spiro atoms. The number of anilines is 1. The molecular formula is C22H21ClN4. The Hall–Kier alpha value is -2.85. The van der Waals surface area contributed by atoms with Crippen LogP contribution in [-0.2, 0) is 6.42 Å². The molecule has 4 nitrogen and oxygen atoms in total. The summed E-state index contributed by atoms with van der Waals surface area (Å²) >= 11 is 6.04. The Morgan fingerprint density at radius 3 is 2.48 bits per heavy atom. The van der Waals surface area contributed by atoms with Crippen molar-refractivity contribution in [3.8, 4) is 11.1 Å². The van der Waals surface area contributed by atoms with E-state index in [0.717, 1.165) is 52.0 Å². The number of aromatic nitrogens is 3.